The van der Waals surface area contributed by atoms with Gasteiger partial charge in [0.15, 0.2) is 0 Å². The number of rotatable bonds is 2. The van der Waals surface area contributed by atoms with Crippen molar-refractivity contribution in [2.45, 2.75) is 6.54 Å². The third-order valence-electron chi connectivity index (χ3n) is 1.95. The van der Waals surface area contributed by atoms with E-state index in [1.54, 1.807) is 17.1 Å². The minimum atomic E-state index is 0.547. The number of anilines is 1. The van der Waals surface area contributed by atoms with Crippen LogP contribution < -0.4 is 5.73 Å². The summed E-state index contributed by atoms with van der Waals surface area (Å²) in [6.07, 6.45) is 3.38. The number of benzene rings is 1. The Morgan fingerprint density at radius 3 is 2.93 bits per heavy atom. The second-order valence-electron chi connectivity index (χ2n) is 2.91. The Morgan fingerprint density at radius 2 is 2.29 bits per heavy atom. The van der Waals surface area contributed by atoms with Gasteiger partial charge in [0, 0.05) is 22.5 Å². The first kappa shape index (κ1) is 9.02. The van der Waals surface area contributed by atoms with E-state index in [-0.39, 0.29) is 0 Å². The maximum atomic E-state index is 6.00. The Morgan fingerprint density at radius 1 is 1.43 bits per heavy atom. The third kappa shape index (κ3) is 1.70. The minimum absolute atomic E-state index is 0.547. The molecule has 2 rings (SSSR count). The standard InChI is InChI=1S/C9H9ClN4/c10-8-2-1-3-9(11)7(8)6-14-5-4-12-13-14/h1-5H,6,11H2. The molecular formula is C9H9ClN4. The van der Waals surface area contributed by atoms with Gasteiger partial charge in [0.25, 0.3) is 0 Å². The van der Waals surface area contributed by atoms with Crippen LogP contribution in [0.2, 0.25) is 5.02 Å². The normalized spacial score (nSPS) is 10.4. The average Bonchev–Trinajstić information content (AvgIpc) is 2.64. The van der Waals surface area contributed by atoms with E-state index in [2.05, 4.69) is 10.3 Å². The molecule has 0 saturated heterocycles. The summed E-state index contributed by atoms with van der Waals surface area (Å²) in [5.41, 5.74) is 7.34. The maximum absolute atomic E-state index is 6.00. The van der Waals surface area contributed by atoms with Crippen LogP contribution in [0.15, 0.2) is 30.6 Å². The van der Waals surface area contributed by atoms with E-state index in [9.17, 15) is 0 Å². The van der Waals surface area contributed by atoms with Gasteiger partial charge < -0.3 is 5.73 Å². The first-order valence-corrected chi connectivity index (χ1v) is 4.52. The van der Waals surface area contributed by atoms with Crippen LogP contribution in [-0.2, 0) is 6.54 Å². The van der Waals surface area contributed by atoms with Crippen molar-refractivity contribution in [1.29, 1.82) is 0 Å². The molecule has 0 atom stereocenters. The Labute approximate surface area is 86.3 Å². The average molecular weight is 209 g/mol. The fourth-order valence-electron chi connectivity index (χ4n) is 1.22. The Hall–Kier alpha value is -1.55. The molecule has 14 heavy (non-hydrogen) atoms. The number of halogens is 1. The lowest BCUT2D eigenvalue weighted by Crippen LogP contribution is -2.04. The van der Waals surface area contributed by atoms with Gasteiger partial charge in [-0.25, -0.2) is 4.68 Å². The van der Waals surface area contributed by atoms with Crippen molar-refractivity contribution >= 4 is 17.3 Å². The van der Waals surface area contributed by atoms with Gasteiger partial charge in [0.2, 0.25) is 0 Å². The van der Waals surface area contributed by atoms with E-state index in [0.717, 1.165) is 5.56 Å². The summed E-state index contributed by atoms with van der Waals surface area (Å²) < 4.78 is 1.68. The molecule has 5 heteroatoms. The van der Waals surface area contributed by atoms with E-state index < -0.39 is 0 Å². The molecule has 0 unspecified atom stereocenters. The van der Waals surface area contributed by atoms with Crippen molar-refractivity contribution in [2.75, 3.05) is 5.73 Å². The maximum Gasteiger partial charge on any atom is 0.0712 e. The van der Waals surface area contributed by atoms with Gasteiger partial charge in [0.1, 0.15) is 0 Å². The van der Waals surface area contributed by atoms with Crippen LogP contribution in [0.1, 0.15) is 5.56 Å². The molecule has 0 aliphatic carbocycles. The second kappa shape index (κ2) is 3.67. The molecule has 0 aliphatic heterocycles. The molecular weight excluding hydrogens is 200 g/mol. The van der Waals surface area contributed by atoms with Gasteiger partial charge in [-0.05, 0) is 12.1 Å². The molecule has 4 nitrogen and oxygen atoms in total. The van der Waals surface area contributed by atoms with Gasteiger partial charge in [-0.15, -0.1) is 5.10 Å². The highest BCUT2D eigenvalue weighted by Crippen LogP contribution is 2.22. The van der Waals surface area contributed by atoms with E-state index in [1.807, 2.05) is 18.2 Å². The van der Waals surface area contributed by atoms with Gasteiger partial charge in [-0.1, -0.05) is 22.9 Å². The zero-order valence-electron chi connectivity index (χ0n) is 7.39. The lowest BCUT2D eigenvalue weighted by molar-refractivity contribution is 0.651. The second-order valence-corrected chi connectivity index (χ2v) is 3.32. The highest BCUT2D eigenvalue weighted by molar-refractivity contribution is 6.31. The summed E-state index contributed by atoms with van der Waals surface area (Å²) >= 11 is 6.00. The number of nitrogens with two attached hydrogens (primary N) is 1. The topological polar surface area (TPSA) is 56.7 Å². The third-order valence-corrected chi connectivity index (χ3v) is 2.30. The van der Waals surface area contributed by atoms with E-state index in [0.29, 0.717) is 17.3 Å². The summed E-state index contributed by atoms with van der Waals surface area (Å²) in [4.78, 5) is 0. The molecule has 0 bridgehead atoms. The Kier molecular flexibility index (Phi) is 2.37. The van der Waals surface area contributed by atoms with E-state index in [1.165, 1.54) is 0 Å². The molecule has 2 aromatic rings. The highest BCUT2D eigenvalue weighted by atomic mass is 35.5. The molecule has 1 aromatic carbocycles. The number of hydrogen-bond donors (Lipinski definition) is 1. The Balaban J connectivity index is 2.33. The summed E-state index contributed by atoms with van der Waals surface area (Å²) in [6.45, 7) is 0.547. The summed E-state index contributed by atoms with van der Waals surface area (Å²) in [5, 5.41) is 8.21. The van der Waals surface area contributed by atoms with Crippen LogP contribution >= 0.6 is 11.6 Å². The largest absolute Gasteiger partial charge is 0.398 e. The van der Waals surface area contributed by atoms with Crippen molar-refractivity contribution in [1.82, 2.24) is 15.0 Å². The quantitative estimate of drug-likeness (QED) is 0.763. The fraction of sp³-hybridized carbons (Fsp3) is 0.111. The fourth-order valence-corrected chi connectivity index (χ4v) is 1.46. The smallest absolute Gasteiger partial charge is 0.0712 e. The molecule has 1 aromatic heterocycles. The summed E-state index contributed by atoms with van der Waals surface area (Å²) in [6, 6.07) is 5.45. The van der Waals surface area contributed by atoms with Crippen LogP contribution in [0.3, 0.4) is 0 Å². The molecule has 0 saturated carbocycles. The predicted octanol–water partition coefficient (Wildman–Crippen LogP) is 1.56. The molecule has 0 aliphatic rings. The monoisotopic (exact) mass is 208 g/mol. The molecule has 0 amide bonds. The summed E-state index contributed by atoms with van der Waals surface area (Å²) in [7, 11) is 0. The zero-order chi connectivity index (χ0) is 9.97. The van der Waals surface area contributed by atoms with Gasteiger partial charge in [-0.3, -0.25) is 0 Å². The molecule has 72 valence electrons. The van der Waals surface area contributed by atoms with Crippen molar-refractivity contribution in [3.8, 4) is 0 Å². The molecule has 0 spiro atoms. The molecule has 0 fully saturated rings. The van der Waals surface area contributed by atoms with Crippen molar-refractivity contribution in [3.63, 3.8) is 0 Å². The number of hydrogen-bond acceptors (Lipinski definition) is 3. The molecule has 1 heterocycles. The highest BCUT2D eigenvalue weighted by Gasteiger charge is 2.04. The number of nitrogen functional groups attached to an aromatic ring is 1. The van der Waals surface area contributed by atoms with Gasteiger partial charge in [0.05, 0.1) is 12.7 Å². The minimum Gasteiger partial charge on any atom is -0.398 e. The van der Waals surface area contributed by atoms with Crippen LogP contribution in [0.5, 0.6) is 0 Å². The van der Waals surface area contributed by atoms with Gasteiger partial charge in [-0.2, -0.15) is 0 Å². The lowest BCUT2D eigenvalue weighted by Gasteiger charge is -2.06. The van der Waals surface area contributed by atoms with Crippen molar-refractivity contribution in [2.24, 2.45) is 0 Å². The van der Waals surface area contributed by atoms with Crippen LogP contribution in [0, 0.1) is 0 Å². The number of aromatic nitrogens is 3. The van der Waals surface area contributed by atoms with Crippen molar-refractivity contribution < 1.29 is 0 Å². The lowest BCUT2D eigenvalue weighted by atomic mass is 10.2. The predicted molar refractivity (Wildman–Crippen MR) is 55.0 cm³/mol. The molecule has 0 radical (unpaired) electrons. The van der Waals surface area contributed by atoms with Crippen LogP contribution in [0.25, 0.3) is 0 Å². The zero-order valence-corrected chi connectivity index (χ0v) is 8.15. The van der Waals surface area contributed by atoms with Crippen LogP contribution in [-0.4, -0.2) is 15.0 Å². The number of nitrogens with zero attached hydrogens (tertiary/aromatic N) is 3. The van der Waals surface area contributed by atoms with E-state index >= 15 is 0 Å². The van der Waals surface area contributed by atoms with Crippen LogP contribution in [0.4, 0.5) is 5.69 Å². The Bertz CT molecular complexity index is 404. The summed E-state index contributed by atoms with van der Waals surface area (Å²) in [5.74, 6) is 0. The molecule has 2 N–H and O–H groups in total. The SMILES string of the molecule is Nc1cccc(Cl)c1Cn1ccnn1. The van der Waals surface area contributed by atoms with E-state index in [4.69, 9.17) is 17.3 Å². The van der Waals surface area contributed by atoms with Gasteiger partial charge >= 0.3 is 0 Å². The first-order valence-electron chi connectivity index (χ1n) is 4.14. The van der Waals surface area contributed by atoms with Crippen molar-refractivity contribution in [3.05, 3.63) is 41.2 Å². The first-order chi connectivity index (χ1) is 6.77.